The summed E-state index contributed by atoms with van der Waals surface area (Å²) in [6.45, 7) is 4.05. The molecule has 5 nitrogen and oxygen atoms in total. The molecule has 176 valence electrons. The van der Waals surface area contributed by atoms with Crippen molar-refractivity contribution in [1.82, 2.24) is 9.97 Å². The van der Waals surface area contributed by atoms with E-state index in [1.165, 1.54) is 20.8 Å². The van der Waals surface area contributed by atoms with Crippen LogP contribution >= 0.6 is 0 Å². The number of nitrogens with one attached hydrogen (secondary N) is 1. The zero-order chi connectivity index (χ0) is 24.5. The fourth-order valence-electron chi connectivity index (χ4n) is 4.58. The van der Waals surface area contributed by atoms with Crippen molar-refractivity contribution in [1.29, 1.82) is 0 Å². The van der Waals surface area contributed by atoms with Crippen LogP contribution in [-0.4, -0.2) is 32.0 Å². The standard InChI is InChI=1S/C22H19F6N3O2/c1-9-29-7-11-13(6-12(23)16(24)18(11)30-9)31-19-10-4-5-14(32)17(25)15(10)20(2,3)8-21(19,33)22(26,27)28/h4-7,19,31-33H,8H2,1-3H3. The van der Waals surface area contributed by atoms with E-state index < -0.39 is 58.4 Å². The molecule has 4 rings (SSSR count). The molecule has 0 amide bonds. The second-order valence-corrected chi connectivity index (χ2v) is 8.82. The highest BCUT2D eigenvalue weighted by Gasteiger charge is 2.64. The Balaban J connectivity index is 1.99. The Hall–Kier alpha value is -3.08. The number of halogens is 6. The number of phenols is 1. The first-order valence-electron chi connectivity index (χ1n) is 9.86. The number of aryl methyl sites for hydroxylation is 1. The monoisotopic (exact) mass is 471 g/mol. The Morgan fingerprint density at radius 3 is 2.42 bits per heavy atom. The van der Waals surface area contributed by atoms with Gasteiger partial charge in [-0.2, -0.15) is 13.2 Å². The number of nitrogens with zero attached hydrogens (tertiary/aromatic N) is 2. The molecule has 0 bridgehead atoms. The van der Waals surface area contributed by atoms with E-state index in [1.54, 1.807) is 0 Å². The third kappa shape index (κ3) is 3.45. The molecule has 0 radical (unpaired) electrons. The van der Waals surface area contributed by atoms with E-state index in [0.717, 1.165) is 18.3 Å². The van der Waals surface area contributed by atoms with Crippen molar-refractivity contribution in [2.24, 2.45) is 0 Å². The van der Waals surface area contributed by atoms with Gasteiger partial charge in [0.1, 0.15) is 11.3 Å². The van der Waals surface area contributed by atoms with E-state index in [4.69, 9.17) is 0 Å². The summed E-state index contributed by atoms with van der Waals surface area (Å²) in [7, 11) is 0. The van der Waals surface area contributed by atoms with Crippen LogP contribution in [0.3, 0.4) is 0 Å². The molecule has 0 saturated heterocycles. The number of benzene rings is 2. The van der Waals surface area contributed by atoms with Crippen LogP contribution in [-0.2, 0) is 5.41 Å². The summed E-state index contributed by atoms with van der Waals surface area (Å²) >= 11 is 0. The minimum Gasteiger partial charge on any atom is -0.505 e. The predicted molar refractivity (Wildman–Crippen MR) is 107 cm³/mol. The highest BCUT2D eigenvalue weighted by atomic mass is 19.4. The molecule has 1 heterocycles. The third-order valence-corrected chi connectivity index (χ3v) is 6.01. The first-order valence-corrected chi connectivity index (χ1v) is 9.86. The van der Waals surface area contributed by atoms with Crippen LogP contribution in [0.15, 0.2) is 24.4 Å². The SMILES string of the molecule is Cc1ncc2c(NC3c4ccc(O)c(F)c4C(C)(C)CC3(O)C(F)(F)F)cc(F)c(F)c2n1. The second kappa shape index (κ2) is 7.21. The highest BCUT2D eigenvalue weighted by Crippen LogP contribution is 2.55. The third-order valence-electron chi connectivity index (χ3n) is 6.01. The van der Waals surface area contributed by atoms with E-state index in [2.05, 4.69) is 15.3 Å². The average Bonchev–Trinajstić information content (AvgIpc) is 2.69. The lowest BCUT2D eigenvalue weighted by molar-refractivity contribution is -0.276. The van der Waals surface area contributed by atoms with Crippen molar-refractivity contribution in [3.8, 4) is 5.75 Å². The number of hydrogen-bond donors (Lipinski definition) is 3. The van der Waals surface area contributed by atoms with Crippen LogP contribution in [0.2, 0.25) is 0 Å². The molecule has 11 heteroatoms. The van der Waals surface area contributed by atoms with Gasteiger partial charge in [0, 0.05) is 28.9 Å². The zero-order valence-corrected chi connectivity index (χ0v) is 17.7. The number of aromatic hydroxyl groups is 1. The van der Waals surface area contributed by atoms with Crippen LogP contribution in [0.25, 0.3) is 10.9 Å². The minimum atomic E-state index is -5.19. The van der Waals surface area contributed by atoms with Gasteiger partial charge in [0.15, 0.2) is 28.8 Å². The molecule has 0 saturated carbocycles. The molecular formula is C22H19F6N3O2. The largest absolute Gasteiger partial charge is 0.505 e. The number of rotatable bonds is 2. The fourth-order valence-corrected chi connectivity index (χ4v) is 4.58. The van der Waals surface area contributed by atoms with E-state index in [-0.39, 0.29) is 28.0 Å². The van der Waals surface area contributed by atoms with Gasteiger partial charge in [-0.05, 0) is 30.4 Å². The molecule has 0 aliphatic heterocycles. The molecule has 3 N–H and O–H groups in total. The predicted octanol–water partition coefficient (Wildman–Crippen LogP) is 5.19. The Kier molecular flexibility index (Phi) is 5.04. The number of alkyl halides is 3. The molecule has 0 fully saturated rings. The number of aromatic nitrogens is 2. The Morgan fingerprint density at radius 2 is 1.79 bits per heavy atom. The van der Waals surface area contributed by atoms with Gasteiger partial charge in [-0.3, -0.25) is 0 Å². The summed E-state index contributed by atoms with van der Waals surface area (Å²) in [5, 5.41) is 23.1. The van der Waals surface area contributed by atoms with E-state index in [1.807, 2.05) is 0 Å². The minimum absolute atomic E-state index is 0.104. The summed E-state index contributed by atoms with van der Waals surface area (Å²) in [4.78, 5) is 7.72. The van der Waals surface area contributed by atoms with Gasteiger partial charge >= 0.3 is 6.18 Å². The number of phenolic OH excluding ortho intramolecular Hbond substituents is 1. The van der Waals surface area contributed by atoms with Crippen molar-refractivity contribution in [2.45, 2.75) is 50.4 Å². The van der Waals surface area contributed by atoms with Gasteiger partial charge in [0.2, 0.25) is 0 Å². The van der Waals surface area contributed by atoms with Crippen LogP contribution in [0.1, 0.15) is 43.3 Å². The summed E-state index contributed by atoms with van der Waals surface area (Å²) < 4.78 is 86.1. The molecule has 2 aromatic carbocycles. The summed E-state index contributed by atoms with van der Waals surface area (Å²) in [6.07, 6.45) is -5.04. The first-order chi connectivity index (χ1) is 15.2. The number of fused-ring (bicyclic) bond motifs is 2. The lowest BCUT2D eigenvalue weighted by Crippen LogP contribution is -2.58. The van der Waals surface area contributed by atoms with Crippen molar-refractivity contribution in [3.05, 3.63) is 58.8 Å². The van der Waals surface area contributed by atoms with Gasteiger partial charge in [-0.1, -0.05) is 19.9 Å². The van der Waals surface area contributed by atoms with Gasteiger partial charge in [0.25, 0.3) is 0 Å². The summed E-state index contributed by atoms with van der Waals surface area (Å²) in [5.74, 6) is -4.48. The number of anilines is 1. The van der Waals surface area contributed by atoms with E-state index in [9.17, 15) is 36.6 Å². The molecular weight excluding hydrogens is 452 g/mol. The van der Waals surface area contributed by atoms with E-state index >= 15 is 0 Å². The lowest BCUT2D eigenvalue weighted by Gasteiger charge is -2.49. The fraction of sp³-hybridized carbons (Fsp3) is 0.364. The molecule has 1 aliphatic carbocycles. The van der Waals surface area contributed by atoms with Gasteiger partial charge in [-0.15, -0.1) is 0 Å². The number of aliphatic hydroxyl groups is 1. The Morgan fingerprint density at radius 1 is 1.12 bits per heavy atom. The van der Waals surface area contributed by atoms with Gasteiger partial charge in [-0.25, -0.2) is 23.1 Å². The maximum absolute atomic E-state index is 14.9. The van der Waals surface area contributed by atoms with Gasteiger partial charge in [0.05, 0.1) is 6.04 Å². The molecule has 3 aromatic rings. The quantitative estimate of drug-likeness (QED) is 0.449. The van der Waals surface area contributed by atoms with Crippen LogP contribution in [0.5, 0.6) is 5.75 Å². The highest BCUT2D eigenvalue weighted by molar-refractivity contribution is 5.91. The molecule has 2 unspecified atom stereocenters. The van der Waals surface area contributed by atoms with E-state index in [0.29, 0.717) is 6.07 Å². The van der Waals surface area contributed by atoms with Crippen molar-refractivity contribution < 1.29 is 36.6 Å². The first kappa shape index (κ1) is 23.1. The topological polar surface area (TPSA) is 78.3 Å². The van der Waals surface area contributed by atoms with Crippen molar-refractivity contribution in [3.63, 3.8) is 0 Å². The average molecular weight is 471 g/mol. The van der Waals surface area contributed by atoms with Crippen molar-refractivity contribution >= 4 is 16.6 Å². The number of hydrogen-bond acceptors (Lipinski definition) is 5. The normalized spacial score (nSPS) is 22.3. The Bertz CT molecular complexity index is 1280. The molecule has 33 heavy (non-hydrogen) atoms. The maximum Gasteiger partial charge on any atom is 0.419 e. The van der Waals surface area contributed by atoms with Crippen LogP contribution < -0.4 is 5.32 Å². The smallest absolute Gasteiger partial charge is 0.419 e. The molecule has 1 aromatic heterocycles. The Labute approximate surface area is 184 Å². The molecule has 1 aliphatic rings. The molecule has 2 atom stereocenters. The molecule has 0 spiro atoms. The van der Waals surface area contributed by atoms with Crippen LogP contribution in [0.4, 0.5) is 32.0 Å². The zero-order valence-electron chi connectivity index (χ0n) is 17.7. The van der Waals surface area contributed by atoms with Crippen molar-refractivity contribution in [2.75, 3.05) is 5.32 Å². The lowest BCUT2D eigenvalue weighted by atomic mass is 9.63. The van der Waals surface area contributed by atoms with Gasteiger partial charge < -0.3 is 15.5 Å². The van der Waals surface area contributed by atoms with Crippen LogP contribution in [0, 0.1) is 24.4 Å². The summed E-state index contributed by atoms with van der Waals surface area (Å²) in [5.41, 5.74) is -6.25. The second-order valence-electron chi connectivity index (χ2n) is 8.82. The maximum atomic E-state index is 14.9. The summed E-state index contributed by atoms with van der Waals surface area (Å²) in [6, 6.07) is 0.538.